The number of fused-ring (bicyclic) bond motifs is 1. The van der Waals surface area contributed by atoms with Crippen LogP contribution in [0.25, 0.3) is 5.65 Å². The lowest BCUT2D eigenvalue weighted by molar-refractivity contribution is 0.291. The summed E-state index contributed by atoms with van der Waals surface area (Å²) in [6.45, 7) is 5.58. The van der Waals surface area contributed by atoms with E-state index in [-0.39, 0.29) is 0 Å². The maximum Gasteiger partial charge on any atom is 0.179 e. The first-order valence-corrected chi connectivity index (χ1v) is 6.00. The van der Waals surface area contributed by atoms with Crippen LogP contribution in [0.2, 0.25) is 0 Å². The van der Waals surface area contributed by atoms with Gasteiger partial charge in [0.1, 0.15) is 0 Å². The highest BCUT2D eigenvalue weighted by Gasteiger charge is 2.07. The zero-order chi connectivity index (χ0) is 12.3. The van der Waals surface area contributed by atoms with Crippen molar-refractivity contribution in [2.45, 2.75) is 26.8 Å². The summed E-state index contributed by atoms with van der Waals surface area (Å²) in [5.41, 5.74) is 7.49. The molecule has 2 aromatic heterocycles. The van der Waals surface area contributed by atoms with Gasteiger partial charge in [0.15, 0.2) is 11.4 Å². The number of aromatic nitrogens is 2. The van der Waals surface area contributed by atoms with Crippen molar-refractivity contribution in [2.24, 2.45) is 11.7 Å². The van der Waals surface area contributed by atoms with Gasteiger partial charge in [-0.25, -0.2) is 4.98 Å². The smallest absolute Gasteiger partial charge is 0.179 e. The van der Waals surface area contributed by atoms with Crippen molar-refractivity contribution in [1.29, 1.82) is 0 Å². The summed E-state index contributed by atoms with van der Waals surface area (Å²) in [5, 5.41) is 0. The topological polar surface area (TPSA) is 52.5 Å². The standard InChI is InChI=1S/C13H19N3O/c1-10(2)5-7-17-12-4-3-6-16-11(8-14)9-15-13(12)16/h3-4,6,9-10H,5,7-8,14H2,1-2H3. The van der Waals surface area contributed by atoms with Gasteiger partial charge in [-0.1, -0.05) is 13.8 Å². The van der Waals surface area contributed by atoms with Gasteiger partial charge in [0, 0.05) is 12.7 Å². The molecule has 0 unspecified atom stereocenters. The monoisotopic (exact) mass is 233 g/mol. The fourth-order valence-electron chi connectivity index (χ4n) is 1.70. The molecule has 2 N–H and O–H groups in total. The SMILES string of the molecule is CC(C)CCOc1cccn2c(CN)cnc12. The molecule has 0 atom stereocenters. The van der Waals surface area contributed by atoms with Crippen molar-refractivity contribution in [3.8, 4) is 5.75 Å². The van der Waals surface area contributed by atoms with E-state index < -0.39 is 0 Å². The molecule has 0 spiro atoms. The Morgan fingerprint density at radius 3 is 3.00 bits per heavy atom. The Balaban J connectivity index is 2.19. The molecule has 4 nitrogen and oxygen atoms in total. The van der Waals surface area contributed by atoms with Gasteiger partial charge >= 0.3 is 0 Å². The molecule has 0 amide bonds. The molecule has 0 aliphatic heterocycles. The van der Waals surface area contributed by atoms with E-state index in [0.29, 0.717) is 12.5 Å². The van der Waals surface area contributed by atoms with Gasteiger partial charge in [0.2, 0.25) is 0 Å². The molecule has 0 saturated carbocycles. The summed E-state index contributed by atoms with van der Waals surface area (Å²) >= 11 is 0. The lowest BCUT2D eigenvalue weighted by Gasteiger charge is -2.09. The molecule has 0 aliphatic rings. The number of imidazole rings is 1. The molecular weight excluding hydrogens is 214 g/mol. The Morgan fingerprint density at radius 2 is 2.29 bits per heavy atom. The largest absolute Gasteiger partial charge is 0.490 e. The van der Waals surface area contributed by atoms with Crippen LogP contribution in [0.5, 0.6) is 5.75 Å². The number of rotatable bonds is 5. The Hall–Kier alpha value is -1.55. The molecule has 0 fully saturated rings. The molecule has 4 heteroatoms. The van der Waals surface area contributed by atoms with Crippen LogP contribution in [0.4, 0.5) is 0 Å². The average molecular weight is 233 g/mol. The highest BCUT2D eigenvalue weighted by Crippen LogP contribution is 2.19. The van der Waals surface area contributed by atoms with Gasteiger partial charge < -0.3 is 10.5 Å². The minimum atomic E-state index is 0.483. The Kier molecular flexibility index (Phi) is 3.64. The van der Waals surface area contributed by atoms with E-state index in [9.17, 15) is 0 Å². The number of pyridine rings is 1. The van der Waals surface area contributed by atoms with Gasteiger partial charge in [-0.2, -0.15) is 0 Å². The van der Waals surface area contributed by atoms with Crippen LogP contribution < -0.4 is 10.5 Å². The number of nitrogens with zero attached hydrogens (tertiary/aromatic N) is 2. The van der Waals surface area contributed by atoms with Crippen LogP contribution in [-0.2, 0) is 6.54 Å². The molecule has 0 aliphatic carbocycles. The molecule has 17 heavy (non-hydrogen) atoms. The quantitative estimate of drug-likeness (QED) is 0.861. The van der Waals surface area contributed by atoms with Crippen LogP contribution in [0.1, 0.15) is 26.0 Å². The lowest BCUT2D eigenvalue weighted by Crippen LogP contribution is -2.04. The predicted molar refractivity (Wildman–Crippen MR) is 68.0 cm³/mol. The molecule has 2 heterocycles. The molecule has 0 radical (unpaired) electrons. The molecule has 2 aromatic rings. The molecule has 0 saturated heterocycles. The zero-order valence-electron chi connectivity index (χ0n) is 10.4. The second kappa shape index (κ2) is 5.19. The fourth-order valence-corrected chi connectivity index (χ4v) is 1.70. The minimum absolute atomic E-state index is 0.483. The summed E-state index contributed by atoms with van der Waals surface area (Å²) in [6.07, 6.45) is 4.80. The van der Waals surface area contributed by atoms with Crippen LogP contribution in [0.3, 0.4) is 0 Å². The molecule has 0 aromatic carbocycles. The van der Waals surface area contributed by atoms with Crippen LogP contribution in [0, 0.1) is 5.92 Å². The second-order valence-electron chi connectivity index (χ2n) is 4.55. The van der Waals surface area contributed by atoms with E-state index in [4.69, 9.17) is 10.5 Å². The minimum Gasteiger partial charge on any atom is -0.490 e. The number of hydrogen-bond donors (Lipinski definition) is 1. The maximum absolute atomic E-state index is 5.76. The summed E-state index contributed by atoms with van der Waals surface area (Å²) in [6, 6.07) is 3.90. The van der Waals surface area contributed by atoms with Crippen molar-refractivity contribution >= 4 is 5.65 Å². The van der Waals surface area contributed by atoms with Crippen molar-refractivity contribution in [3.05, 3.63) is 30.2 Å². The highest BCUT2D eigenvalue weighted by molar-refractivity contribution is 5.54. The Labute approximate surface area is 101 Å². The Bertz CT molecular complexity index is 490. The third kappa shape index (κ3) is 2.58. The first-order valence-electron chi connectivity index (χ1n) is 6.00. The van der Waals surface area contributed by atoms with Crippen molar-refractivity contribution in [3.63, 3.8) is 0 Å². The molecular formula is C13H19N3O. The van der Waals surface area contributed by atoms with Gasteiger partial charge in [0.25, 0.3) is 0 Å². The number of nitrogens with two attached hydrogens (primary N) is 1. The van der Waals surface area contributed by atoms with Crippen LogP contribution in [0.15, 0.2) is 24.5 Å². The van der Waals surface area contributed by atoms with Gasteiger partial charge in [-0.05, 0) is 24.5 Å². The van der Waals surface area contributed by atoms with E-state index in [1.54, 1.807) is 6.20 Å². The van der Waals surface area contributed by atoms with Crippen LogP contribution >= 0.6 is 0 Å². The normalized spacial score (nSPS) is 11.3. The summed E-state index contributed by atoms with van der Waals surface area (Å²) in [5.74, 6) is 1.47. The average Bonchev–Trinajstić information content (AvgIpc) is 2.72. The predicted octanol–water partition coefficient (Wildman–Crippen LogP) is 2.22. The molecule has 92 valence electrons. The van der Waals surface area contributed by atoms with E-state index in [0.717, 1.165) is 30.1 Å². The van der Waals surface area contributed by atoms with E-state index in [1.807, 2.05) is 22.7 Å². The van der Waals surface area contributed by atoms with Gasteiger partial charge in [-0.15, -0.1) is 0 Å². The second-order valence-corrected chi connectivity index (χ2v) is 4.55. The summed E-state index contributed by atoms with van der Waals surface area (Å²) in [4.78, 5) is 4.35. The van der Waals surface area contributed by atoms with Crippen LogP contribution in [-0.4, -0.2) is 16.0 Å². The first-order chi connectivity index (χ1) is 8.22. The first kappa shape index (κ1) is 11.9. The van der Waals surface area contributed by atoms with Crippen molar-refractivity contribution in [2.75, 3.05) is 6.61 Å². The van der Waals surface area contributed by atoms with Crippen molar-refractivity contribution < 1.29 is 4.74 Å². The summed E-state index contributed by atoms with van der Waals surface area (Å²) < 4.78 is 7.74. The van der Waals surface area contributed by atoms with Gasteiger partial charge in [-0.3, -0.25) is 4.40 Å². The lowest BCUT2D eigenvalue weighted by atomic mass is 10.1. The van der Waals surface area contributed by atoms with Gasteiger partial charge in [0.05, 0.1) is 18.5 Å². The number of hydrogen-bond acceptors (Lipinski definition) is 3. The van der Waals surface area contributed by atoms with E-state index in [2.05, 4.69) is 18.8 Å². The summed E-state index contributed by atoms with van der Waals surface area (Å²) in [7, 11) is 0. The third-order valence-electron chi connectivity index (χ3n) is 2.74. The fraction of sp³-hybridized carbons (Fsp3) is 0.462. The van der Waals surface area contributed by atoms with E-state index in [1.165, 1.54) is 0 Å². The number of ether oxygens (including phenoxy) is 1. The zero-order valence-corrected chi connectivity index (χ0v) is 10.4. The highest BCUT2D eigenvalue weighted by atomic mass is 16.5. The van der Waals surface area contributed by atoms with Crippen molar-refractivity contribution in [1.82, 2.24) is 9.38 Å². The third-order valence-corrected chi connectivity index (χ3v) is 2.74. The van der Waals surface area contributed by atoms with E-state index >= 15 is 0 Å². The maximum atomic E-state index is 5.76. The molecule has 2 rings (SSSR count). The molecule has 0 bridgehead atoms. The Morgan fingerprint density at radius 1 is 1.47 bits per heavy atom.